The van der Waals surface area contributed by atoms with E-state index in [0.717, 1.165) is 29.0 Å². The number of hydrogen-bond acceptors (Lipinski definition) is 5. The fourth-order valence-electron chi connectivity index (χ4n) is 3.15. The van der Waals surface area contributed by atoms with Crippen molar-refractivity contribution >= 4 is 17.5 Å². The summed E-state index contributed by atoms with van der Waals surface area (Å²) in [6.45, 7) is 3.09. The second-order valence-corrected chi connectivity index (χ2v) is 7.53. The van der Waals surface area contributed by atoms with Crippen molar-refractivity contribution in [1.82, 2.24) is 25.3 Å². The largest absolute Gasteiger partial charge is 0.494 e. The van der Waals surface area contributed by atoms with E-state index in [0.29, 0.717) is 23.9 Å². The number of rotatable bonds is 8. The van der Waals surface area contributed by atoms with Crippen LogP contribution in [-0.4, -0.2) is 32.5 Å². The third-order valence-corrected chi connectivity index (χ3v) is 4.99. The number of benzene rings is 2. The third-order valence-electron chi connectivity index (χ3n) is 4.74. The minimum atomic E-state index is -0.324. The van der Waals surface area contributed by atoms with Gasteiger partial charge in [0.2, 0.25) is 0 Å². The lowest BCUT2D eigenvalue weighted by atomic mass is 10.1. The van der Waals surface area contributed by atoms with Gasteiger partial charge in [0.05, 0.1) is 12.3 Å². The van der Waals surface area contributed by atoms with Gasteiger partial charge in [-0.2, -0.15) is 0 Å². The predicted octanol–water partition coefficient (Wildman–Crippen LogP) is 4.70. The molecule has 4 rings (SSSR count). The van der Waals surface area contributed by atoms with Crippen LogP contribution in [0.15, 0.2) is 73.1 Å². The van der Waals surface area contributed by atoms with Crippen LogP contribution >= 0.6 is 11.6 Å². The van der Waals surface area contributed by atoms with Crippen LogP contribution in [0.1, 0.15) is 29.4 Å². The highest BCUT2D eigenvalue weighted by molar-refractivity contribution is 6.30. The van der Waals surface area contributed by atoms with E-state index >= 15 is 0 Å². The Morgan fingerprint density at radius 2 is 1.88 bits per heavy atom. The Morgan fingerprint density at radius 3 is 2.56 bits per heavy atom. The molecular formula is C24H22ClN5O2. The first kappa shape index (κ1) is 21.5. The number of halogens is 1. The van der Waals surface area contributed by atoms with Gasteiger partial charge in [0.25, 0.3) is 5.91 Å². The first-order valence-electron chi connectivity index (χ1n) is 10.3. The van der Waals surface area contributed by atoms with Gasteiger partial charge in [-0.25, -0.2) is 4.68 Å². The summed E-state index contributed by atoms with van der Waals surface area (Å²) in [5, 5.41) is 11.9. The normalized spacial score (nSPS) is 10.7. The van der Waals surface area contributed by atoms with Gasteiger partial charge >= 0.3 is 0 Å². The lowest BCUT2D eigenvalue weighted by molar-refractivity contribution is 0.0946. The minimum absolute atomic E-state index is 0.218. The number of nitrogens with one attached hydrogen (secondary N) is 1. The van der Waals surface area contributed by atoms with Crippen molar-refractivity contribution in [1.29, 1.82) is 0 Å². The predicted molar refractivity (Wildman–Crippen MR) is 123 cm³/mol. The van der Waals surface area contributed by atoms with E-state index in [2.05, 4.69) is 27.5 Å². The zero-order valence-corrected chi connectivity index (χ0v) is 18.3. The van der Waals surface area contributed by atoms with Crippen LogP contribution in [-0.2, 0) is 6.54 Å². The van der Waals surface area contributed by atoms with Gasteiger partial charge in [-0.3, -0.25) is 9.78 Å². The molecule has 2 heterocycles. The molecule has 2 aromatic carbocycles. The zero-order chi connectivity index (χ0) is 22.3. The number of nitrogens with zero attached hydrogens (tertiary/aromatic N) is 4. The van der Waals surface area contributed by atoms with E-state index in [1.165, 1.54) is 0 Å². The summed E-state index contributed by atoms with van der Waals surface area (Å²) >= 11 is 6.02. The van der Waals surface area contributed by atoms with Crippen molar-refractivity contribution in [2.45, 2.75) is 19.9 Å². The van der Waals surface area contributed by atoms with Crippen LogP contribution < -0.4 is 10.1 Å². The van der Waals surface area contributed by atoms with Crippen LogP contribution in [0.25, 0.3) is 16.9 Å². The van der Waals surface area contributed by atoms with Gasteiger partial charge in [-0.15, -0.1) is 5.10 Å². The number of ether oxygens (including phenoxy) is 1. The minimum Gasteiger partial charge on any atom is -0.494 e. The van der Waals surface area contributed by atoms with Crippen LogP contribution in [0.5, 0.6) is 5.75 Å². The van der Waals surface area contributed by atoms with Crippen molar-refractivity contribution in [2.24, 2.45) is 0 Å². The monoisotopic (exact) mass is 447 g/mol. The van der Waals surface area contributed by atoms with E-state index in [1.54, 1.807) is 35.3 Å². The smallest absolute Gasteiger partial charge is 0.274 e. The molecule has 0 unspecified atom stereocenters. The molecule has 0 atom stereocenters. The molecule has 162 valence electrons. The van der Waals surface area contributed by atoms with Crippen molar-refractivity contribution in [2.75, 3.05) is 6.61 Å². The Balaban J connectivity index is 1.57. The standard InChI is InChI=1S/C24H22ClN5O2/c1-2-14-32-21-11-5-17(6-12-21)15-27-24(31)22-23(18-4-3-13-26-16-18)30(29-28-22)20-9-7-19(25)8-10-20/h3-13,16H,2,14-15H2,1H3,(H,27,31). The molecule has 7 nitrogen and oxygen atoms in total. The number of aromatic nitrogens is 4. The second kappa shape index (κ2) is 10.1. The summed E-state index contributed by atoms with van der Waals surface area (Å²) in [6.07, 6.45) is 4.30. The molecule has 0 bridgehead atoms. The Kier molecular flexibility index (Phi) is 6.77. The van der Waals surface area contributed by atoms with Crippen molar-refractivity contribution in [3.63, 3.8) is 0 Å². The zero-order valence-electron chi connectivity index (χ0n) is 17.5. The fourth-order valence-corrected chi connectivity index (χ4v) is 3.28. The van der Waals surface area contributed by atoms with Crippen LogP contribution in [0.3, 0.4) is 0 Å². The van der Waals surface area contributed by atoms with Crippen LogP contribution in [0.2, 0.25) is 5.02 Å². The maximum atomic E-state index is 13.0. The molecule has 1 N–H and O–H groups in total. The Hall–Kier alpha value is -3.71. The van der Waals surface area contributed by atoms with Gasteiger partial charge in [0, 0.05) is 29.5 Å². The summed E-state index contributed by atoms with van der Waals surface area (Å²) < 4.78 is 7.21. The molecule has 1 amide bonds. The van der Waals surface area contributed by atoms with Gasteiger partial charge in [0.15, 0.2) is 5.69 Å². The molecule has 0 aliphatic rings. The molecule has 0 aliphatic heterocycles. The first-order valence-corrected chi connectivity index (χ1v) is 10.7. The molecule has 0 radical (unpaired) electrons. The van der Waals surface area contributed by atoms with Gasteiger partial charge in [0.1, 0.15) is 11.4 Å². The fraction of sp³-hybridized carbons (Fsp3) is 0.167. The van der Waals surface area contributed by atoms with Gasteiger partial charge in [-0.05, 0) is 60.5 Å². The summed E-state index contributed by atoms with van der Waals surface area (Å²) in [5.74, 6) is 0.488. The topological polar surface area (TPSA) is 81.9 Å². The molecule has 2 aromatic heterocycles. The van der Waals surface area contributed by atoms with E-state index in [4.69, 9.17) is 16.3 Å². The Morgan fingerprint density at radius 1 is 1.09 bits per heavy atom. The van der Waals surface area contributed by atoms with Crippen molar-refractivity contribution < 1.29 is 9.53 Å². The van der Waals surface area contributed by atoms with E-state index in [1.807, 2.05) is 42.5 Å². The maximum Gasteiger partial charge on any atom is 0.274 e. The number of carbonyl (C=O) groups is 1. The quantitative estimate of drug-likeness (QED) is 0.423. The summed E-state index contributed by atoms with van der Waals surface area (Å²) in [5.41, 5.74) is 3.20. The van der Waals surface area contributed by atoms with Gasteiger partial charge in [-0.1, -0.05) is 35.9 Å². The number of hydrogen-bond donors (Lipinski definition) is 1. The van der Waals surface area contributed by atoms with Crippen LogP contribution in [0.4, 0.5) is 0 Å². The molecule has 4 aromatic rings. The highest BCUT2D eigenvalue weighted by Gasteiger charge is 2.22. The Bertz CT molecular complexity index is 1180. The second-order valence-electron chi connectivity index (χ2n) is 7.09. The van der Waals surface area contributed by atoms with E-state index in [9.17, 15) is 4.79 Å². The highest BCUT2D eigenvalue weighted by Crippen LogP contribution is 2.25. The molecular weight excluding hydrogens is 426 g/mol. The Labute approximate surface area is 191 Å². The number of amides is 1. The maximum absolute atomic E-state index is 13.0. The lowest BCUT2D eigenvalue weighted by Crippen LogP contribution is -2.24. The van der Waals surface area contributed by atoms with Crippen LogP contribution in [0, 0.1) is 0 Å². The molecule has 0 saturated carbocycles. The summed E-state index contributed by atoms with van der Waals surface area (Å²) in [7, 11) is 0. The molecule has 0 aliphatic carbocycles. The SMILES string of the molecule is CCCOc1ccc(CNC(=O)c2nnn(-c3ccc(Cl)cc3)c2-c2cccnc2)cc1. The number of carbonyl (C=O) groups excluding carboxylic acids is 1. The van der Waals surface area contributed by atoms with Crippen molar-refractivity contribution in [3.8, 4) is 22.7 Å². The van der Waals surface area contributed by atoms with E-state index in [-0.39, 0.29) is 11.6 Å². The first-order chi connectivity index (χ1) is 15.7. The average molecular weight is 448 g/mol. The van der Waals surface area contributed by atoms with Crippen molar-refractivity contribution in [3.05, 3.63) is 89.3 Å². The third kappa shape index (κ3) is 4.95. The molecule has 0 spiro atoms. The summed E-state index contributed by atoms with van der Waals surface area (Å²) in [4.78, 5) is 17.2. The molecule has 8 heteroatoms. The summed E-state index contributed by atoms with van der Waals surface area (Å²) in [6, 6.07) is 18.5. The number of pyridine rings is 1. The van der Waals surface area contributed by atoms with E-state index < -0.39 is 0 Å². The lowest BCUT2D eigenvalue weighted by Gasteiger charge is -2.09. The average Bonchev–Trinajstić information content (AvgIpc) is 3.28. The molecule has 32 heavy (non-hydrogen) atoms. The van der Waals surface area contributed by atoms with Gasteiger partial charge < -0.3 is 10.1 Å². The molecule has 0 saturated heterocycles. The molecule has 0 fully saturated rings. The highest BCUT2D eigenvalue weighted by atomic mass is 35.5.